The van der Waals surface area contributed by atoms with Crippen molar-refractivity contribution in [1.29, 1.82) is 0 Å². The first-order valence-electron chi connectivity index (χ1n) is 6.09. The van der Waals surface area contributed by atoms with Crippen LogP contribution in [-0.4, -0.2) is 23.2 Å². The lowest BCUT2D eigenvalue weighted by Crippen LogP contribution is -2.28. The van der Waals surface area contributed by atoms with E-state index >= 15 is 0 Å². The van der Waals surface area contributed by atoms with Crippen molar-refractivity contribution in [2.75, 3.05) is 13.1 Å². The number of hydrogen-bond donors (Lipinski definition) is 1. The number of rotatable bonds is 2. The second-order valence-electron chi connectivity index (χ2n) is 5.66. The predicted molar refractivity (Wildman–Crippen MR) is 62.3 cm³/mol. The smallest absolute Gasteiger partial charge is 0.226 e. The fraction of sp³-hybridized carbons (Fsp3) is 0.833. The van der Waals surface area contributed by atoms with Crippen LogP contribution in [-0.2, 0) is 11.8 Å². The molecule has 4 nitrogen and oxygen atoms in total. The molecule has 1 aromatic rings. The van der Waals surface area contributed by atoms with E-state index in [9.17, 15) is 0 Å². The summed E-state index contributed by atoms with van der Waals surface area (Å²) in [4.78, 5) is 4.48. The first-order valence-corrected chi connectivity index (χ1v) is 6.09. The summed E-state index contributed by atoms with van der Waals surface area (Å²) >= 11 is 0. The maximum Gasteiger partial charge on any atom is 0.226 e. The standard InChI is InChI=1S/C12H21N3O/c1-12(2,3)11-14-10(16-15-11)8-9-4-6-13-7-5-9/h9,13H,4-8H2,1-3H3. The largest absolute Gasteiger partial charge is 0.339 e. The van der Waals surface area contributed by atoms with Gasteiger partial charge < -0.3 is 9.84 Å². The summed E-state index contributed by atoms with van der Waals surface area (Å²) < 4.78 is 5.31. The Hall–Kier alpha value is -0.900. The molecule has 0 unspecified atom stereocenters. The van der Waals surface area contributed by atoms with Crippen LogP contribution >= 0.6 is 0 Å². The minimum Gasteiger partial charge on any atom is -0.339 e. The highest BCUT2D eigenvalue weighted by Gasteiger charge is 2.22. The molecule has 16 heavy (non-hydrogen) atoms. The zero-order chi connectivity index (χ0) is 11.6. The summed E-state index contributed by atoms with van der Waals surface area (Å²) in [5.74, 6) is 2.32. The lowest BCUT2D eigenvalue weighted by molar-refractivity contribution is 0.310. The zero-order valence-corrected chi connectivity index (χ0v) is 10.4. The summed E-state index contributed by atoms with van der Waals surface area (Å²) in [7, 11) is 0. The van der Waals surface area contributed by atoms with Crippen molar-refractivity contribution in [2.24, 2.45) is 5.92 Å². The molecule has 0 aromatic carbocycles. The van der Waals surface area contributed by atoms with E-state index in [1.807, 2.05) is 0 Å². The van der Waals surface area contributed by atoms with E-state index in [0.717, 1.165) is 31.2 Å². The predicted octanol–water partition coefficient (Wildman–Crippen LogP) is 1.91. The van der Waals surface area contributed by atoms with Crippen molar-refractivity contribution in [1.82, 2.24) is 15.5 Å². The third-order valence-corrected chi connectivity index (χ3v) is 3.06. The highest BCUT2D eigenvalue weighted by molar-refractivity contribution is 5.00. The minimum absolute atomic E-state index is 0.0180. The van der Waals surface area contributed by atoms with Crippen molar-refractivity contribution in [3.8, 4) is 0 Å². The molecule has 1 fully saturated rings. The number of nitrogens with zero attached hydrogens (tertiary/aromatic N) is 2. The molecule has 0 bridgehead atoms. The van der Waals surface area contributed by atoms with E-state index in [0.29, 0.717) is 5.92 Å². The highest BCUT2D eigenvalue weighted by atomic mass is 16.5. The fourth-order valence-electron chi connectivity index (χ4n) is 1.98. The minimum atomic E-state index is -0.0180. The molecule has 1 aliphatic rings. The Bertz CT molecular complexity index is 334. The summed E-state index contributed by atoms with van der Waals surface area (Å²) in [5.41, 5.74) is -0.0180. The highest BCUT2D eigenvalue weighted by Crippen LogP contribution is 2.21. The lowest BCUT2D eigenvalue weighted by atomic mass is 9.94. The number of hydrogen-bond acceptors (Lipinski definition) is 4. The topological polar surface area (TPSA) is 51.0 Å². The quantitative estimate of drug-likeness (QED) is 0.832. The van der Waals surface area contributed by atoms with Gasteiger partial charge in [-0.15, -0.1) is 0 Å². The number of nitrogens with one attached hydrogen (secondary N) is 1. The van der Waals surface area contributed by atoms with E-state index in [2.05, 4.69) is 36.2 Å². The molecule has 0 aliphatic carbocycles. The van der Waals surface area contributed by atoms with Crippen molar-refractivity contribution < 1.29 is 4.52 Å². The first kappa shape index (κ1) is 11.6. The Balaban J connectivity index is 1.97. The average molecular weight is 223 g/mol. The van der Waals surface area contributed by atoms with E-state index in [1.165, 1.54) is 12.8 Å². The van der Waals surface area contributed by atoms with Gasteiger partial charge in [-0.2, -0.15) is 4.98 Å². The molecule has 2 heterocycles. The number of aromatic nitrogens is 2. The van der Waals surface area contributed by atoms with Gasteiger partial charge >= 0.3 is 0 Å². The first-order chi connectivity index (χ1) is 7.55. The summed E-state index contributed by atoms with van der Waals surface area (Å²) in [6.45, 7) is 8.54. The van der Waals surface area contributed by atoms with Gasteiger partial charge in [0.05, 0.1) is 0 Å². The van der Waals surface area contributed by atoms with Crippen LogP contribution in [0.2, 0.25) is 0 Å². The van der Waals surface area contributed by atoms with E-state index in [1.54, 1.807) is 0 Å². The van der Waals surface area contributed by atoms with Crippen LogP contribution < -0.4 is 5.32 Å². The molecule has 2 rings (SSSR count). The van der Waals surface area contributed by atoms with Gasteiger partial charge in [0.1, 0.15) is 0 Å². The van der Waals surface area contributed by atoms with Gasteiger partial charge in [-0.1, -0.05) is 25.9 Å². The van der Waals surface area contributed by atoms with Crippen LogP contribution in [0.15, 0.2) is 4.52 Å². The monoisotopic (exact) mass is 223 g/mol. The molecule has 1 aliphatic heterocycles. The summed E-state index contributed by atoms with van der Waals surface area (Å²) in [6, 6.07) is 0. The van der Waals surface area contributed by atoms with Crippen LogP contribution in [0.3, 0.4) is 0 Å². The summed E-state index contributed by atoms with van der Waals surface area (Å²) in [5, 5.41) is 7.41. The van der Waals surface area contributed by atoms with Crippen molar-refractivity contribution in [2.45, 2.75) is 45.4 Å². The molecule has 4 heteroatoms. The molecule has 0 radical (unpaired) electrons. The van der Waals surface area contributed by atoms with Gasteiger partial charge in [-0.3, -0.25) is 0 Å². The third kappa shape index (κ3) is 2.82. The van der Waals surface area contributed by atoms with Crippen molar-refractivity contribution in [3.05, 3.63) is 11.7 Å². The Labute approximate surface area is 96.8 Å². The second kappa shape index (κ2) is 4.53. The van der Waals surface area contributed by atoms with Gasteiger partial charge in [0.2, 0.25) is 5.89 Å². The Morgan fingerprint density at radius 1 is 1.31 bits per heavy atom. The maximum atomic E-state index is 5.31. The second-order valence-corrected chi connectivity index (χ2v) is 5.66. The number of piperidine rings is 1. The average Bonchev–Trinajstić information content (AvgIpc) is 2.67. The summed E-state index contributed by atoms with van der Waals surface area (Å²) in [6.07, 6.45) is 3.37. The zero-order valence-electron chi connectivity index (χ0n) is 10.4. The normalized spacial score (nSPS) is 18.9. The van der Waals surface area contributed by atoms with Gasteiger partial charge in [-0.25, -0.2) is 0 Å². The molecule has 1 N–H and O–H groups in total. The van der Waals surface area contributed by atoms with E-state index in [4.69, 9.17) is 4.52 Å². The van der Waals surface area contributed by atoms with Gasteiger partial charge in [0, 0.05) is 11.8 Å². The third-order valence-electron chi connectivity index (χ3n) is 3.06. The van der Waals surface area contributed by atoms with Gasteiger partial charge in [0.15, 0.2) is 5.82 Å². The van der Waals surface area contributed by atoms with Crippen LogP contribution in [0.4, 0.5) is 0 Å². The van der Waals surface area contributed by atoms with Crippen LogP contribution in [0, 0.1) is 5.92 Å². The molecule has 1 saturated heterocycles. The Morgan fingerprint density at radius 3 is 2.56 bits per heavy atom. The van der Waals surface area contributed by atoms with Gasteiger partial charge in [-0.05, 0) is 31.8 Å². The Kier molecular flexibility index (Phi) is 3.28. The van der Waals surface area contributed by atoms with Gasteiger partial charge in [0.25, 0.3) is 0 Å². The Morgan fingerprint density at radius 2 is 2.00 bits per heavy atom. The molecule has 1 aromatic heterocycles. The van der Waals surface area contributed by atoms with Crippen LogP contribution in [0.1, 0.15) is 45.3 Å². The van der Waals surface area contributed by atoms with Crippen molar-refractivity contribution >= 4 is 0 Å². The molecule has 0 atom stereocenters. The molecule has 0 spiro atoms. The molecule has 0 saturated carbocycles. The van der Waals surface area contributed by atoms with Crippen molar-refractivity contribution in [3.63, 3.8) is 0 Å². The molecular weight excluding hydrogens is 202 g/mol. The van der Waals surface area contributed by atoms with E-state index in [-0.39, 0.29) is 5.41 Å². The molecular formula is C12H21N3O. The van der Waals surface area contributed by atoms with E-state index < -0.39 is 0 Å². The molecule has 90 valence electrons. The van der Waals surface area contributed by atoms with Crippen LogP contribution in [0.5, 0.6) is 0 Å². The fourth-order valence-corrected chi connectivity index (χ4v) is 1.98. The SMILES string of the molecule is CC(C)(C)c1noc(CC2CCNCC2)n1. The van der Waals surface area contributed by atoms with Crippen LogP contribution in [0.25, 0.3) is 0 Å². The lowest BCUT2D eigenvalue weighted by Gasteiger charge is -2.20. The molecule has 0 amide bonds. The maximum absolute atomic E-state index is 5.31.